The fourth-order valence-corrected chi connectivity index (χ4v) is 2.15. The van der Waals surface area contributed by atoms with Crippen molar-refractivity contribution in [2.24, 2.45) is 0 Å². The van der Waals surface area contributed by atoms with Gasteiger partial charge in [0.15, 0.2) is 0 Å². The van der Waals surface area contributed by atoms with Crippen LogP contribution in [0.2, 0.25) is 0 Å². The Labute approximate surface area is 135 Å². The molecule has 120 valence electrons. The first-order valence-electron chi connectivity index (χ1n) is 7.43. The van der Waals surface area contributed by atoms with Gasteiger partial charge < -0.3 is 5.32 Å². The van der Waals surface area contributed by atoms with E-state index in [9.17, 15) is 9.59 Å². The zero-order valence-electron chi connectivity index (χ0n) is 13.2. The molecule has 0 aliphatic rings. The Hall–Kier alpha value is -2.66. The maximum absolute atomic E-state index is 12.2. The molecular weight excluding hydrogens is 292 g/mol. The Morgan fingerprint density at radius 2 is 1.61 bits per heavy atom. The lowest BCUT2D eigenvalue weighted by Gasteiger charge is -2.08. The minimum Gasteiger partial charge on any atom is -0.322 e. The first-order chi connectivity index (χ1) is 11.0. The molecule has 5 heteroatoms. The van der Waals surface area contributed by atoms with Crippen LogP contribution < -0.4 is 10.8 Å². The van der Waals surface area contributed by atoms with E-state index < -0.39 is 5.91 Å². The molecule has 2 amide bonds. The lowest BCUT2D eigenvalue weighted by atomic mass is 10.0. The van der Waals surface area contributed by atoms with E-state index in [1.165, 1.54) is 5.56 Å². The molecule has 0 atom stereocenters. The Balaban J connectivity index is 2.01. The molecule has 0 spiro atoms. The van der Waals surface area contributed by atoms with Gasteiger partial charge >= 0.3 is 0 Å². The molecule has 2 rings (SSSR count). The van der Waals surface area contributed by atoms with Gasteiger partial charge in [-0.2, -0.15) is 0 Å². The lowest BCUT2D eigenvalue weighted by molar-refractivity contribution is -0.128. The predicted octanol–water partition coefficient (Wildman–Crippen LogP) is 3.11. The fourth-order valence-electron chi connectivity index (χ4n) is 2.15. The van der Waals surface area contributed by atoms with E-state index >= 15 is 0 Å². The molecule has 0 fully saturated rings. The molecule has 0 heterocycles. The molecule has 0 saturated heterocycles. The van der Waals surface area contributed by atoms with Crippen LogP contribution in [0.1, 0.15) is 41.3 Å². The van der Waals surface area contributed by atoms with Crippen LogP contribution in [-0.4, -0.2) is 17.0 Å². The van der Waals surface area contributed by atoms with Crippen molar-refractivity contribution in [1.29, 1.82) is 0 Å². The van der Waals surface area contributed by atoms with Gasteiger partial charge in [-0.05, 0) is 41.3 Å². The second kappa shape index (κ2) is 7.56. The number of benzene rings is 2. The molecule has 0 radical (unpaired) electrons. The molecule has 0 unspecified atom stereocenters. The van der Waals surface area contributed by atoms with Crippen LogP contribution in [0, 0.1) is 0 Å². The second-order valence-electron chi connectivity index (χ2n) is 5.64. The van der Waals surface area contributed by atoms with Gasteiger partial charge in [0.25, 0.3) is 5.91 Å². The molecule has 0 saturated carbocycles. The molecule has 5 nitrogen and oxygen atoms in total. The van der Waals surface area contributed by atoms with Crippen molar-refractivity contribution in [2.45, 2.75) is 26.2 Å². The summed E-state index contributed by atoms with van der Waals surface area (Å²) >= 11 is 0. The fraction of sp³-hybridized carbons (Fsp3) is 0.222. The third-order valence-corrected chi connectivity index (χ3v) is 3.54. The second-order valence-corrected chi connectivity index (χ2v) is 5.64. The Morgan fingerprint density at radius 1 is 1.00 bits per heavy atom. The van der Waals surface area contributed by atoms with Crippen LogP contribution in [-0.2, 0) is 11.2 Å². The first-order valence-corrected chi connectivity index (χ1v) is 7.43. The summed E-state index contributed by atoms with van der Waals surface area (Å²) in [6, 6.07) is 14.4. The summed E-state index contributed by atoms with van der Waals surface area (Å²) in [6.07, 6.45) is 0.0847. The molecule has 23 heavy (non-hydrogen) atoms. The number of nitrogens with one attached hydrogen (secondary N) is 2. The zero-order chi connectivity index (χ0) is 16.8. The van der Waals surface area contributed by atoms with E-state index in [0.717, 1.165) is 5.56 Å². The van der Waals surface area contributed by atoms with Crippen molar-refractivity contribution in [1.82, 2.24) is 5.48 Å². The van der Waals surface area contributed by atoms with E-state index in [4.69, 9.17) is 5.21 Å². The summed E-state index contributed by atoms with van der Waals surface area (Å²) in [5.74, 6) is -0.232. The summed E-state index contributed by atoms with van der Waals surface area (Å²) in [7, 11) is 0. The number of hydroxylamine groups is 1. The van der Waals surface area contributed by atoms with Gasteiger partial charge in [0, 0.05) is 11.3 Å². The standard InChI is InChI=1S/C18H20N2O3/c1-12(2)14-5-7-15(8-6-14)18(22)19-16-9-3-13(4-10-16)11-17(21)20-23/h3-10,12,23H,11H2,1-2H3,(H,19,22)(H,20,21). The van der Waals surface area contributed by atoms with Crippen molar-refractivity contribution < 1.29 is 14.8 Å². The highest BCUT2D eigenvalue weighted by atomic mass is 16.5. The van der Waals surface area contributed by atoms with Crippen LogP contribution in [0.25, 0.3) is 0 Å². The van der Waals surface area contributed by atoms with E-state index in [0.29, 0.717) is 17.2 Å². The number of carbonyl (C=O) groups excluding carboxylic acids is 2. The Bertz CT molecular complexity index is 676. The number of hydrogen-bond donors (Lipinski definition) is 3. The van der Waals surface area contributed by atoms with Gasteiger partial charge in [-0.1, -0.05) is 38.1 Å². The van der Waals surface area contributed by atoms with Gasteiger partial charge in [0.1, 0.15) is 0 Å². The quantitative estimate of drug-likeness (QED) is 0.586. The van der Waals surface area contributed by atoms with Crippen LogP contribution in [0.3, 0.4) is 0 Å². The average Bonchev–Trinajstić information content (AvgIpc) is 2.56. The van der Waals surface area contributed by atoms with Crippen molar-refractivity contribution in [3.8, 4) is 0 Å². The molecule has 3 N–H and O–H groups in total. The van der Waals surface area contributed by atoms with E-state index in [1.54, 1.807) is 29.7 Å². The van der Waals surface area contributed by atoms with Gasteiger partial charge in [-0.25, -0.2) is 5.48 Å². The maximum atomic E-state index is 12.2. The van der Waals surface area contributed by atoms with Gasteiger partial charge in [-0.15, -0.1) is 0 Å². The highest BCUT2D eigenvalue weighted by Crippen LogP contribution is 2.16. The summed E-state index contributed by atoms with van der Waals surface area (Å²) < 4.78 is 0. The summed E-state index contributed by atoms with van der Waals surface area (Å²) in [5.41, 5.74) is 4.76. The van der Waals surface area contributed by atoms with Crippen molar-refractivity contribution in [3.63, 3.8) is 0 Å². The van der Waals surface area contributed by atoms with Crippen LogP contribution in [0.4, 0.5) is 5.69 Å². The SMILES string of the molecule is CC(C)c1ccc(C(=O)Nc2ccc(CC(=O)NO)cc2)cc1. The highest BCUT2D eigenvalue weighted by Gasteiger charge is 2.08. The number of anilines is 1. The average molecular weight is 312 g/mol. The topological polar surface area (TPSA) is 78.4 Å². The van der Waals surface area contributed by atoms with Crippen molar-refractivity contribution in [2.75, 3.05) is 5.32 Å². The third-order valence-electron chi connectivity index (χ3n) is 3.54. The summed E-state index contributed by atoms with van der Waals surface area (Å²) in [5, 5.41) is 11.3. The summed E-state index contributed by atoms with van der Waals surface area (Å²) in [6.45, 7) is 4.21. The summed E-state index contributed by atoms with van der Waals surface area (Å²) in [4.78, 5) is 23.3. The van der Waals surface area contributed by atoms with Crippen molar-refractivity contribution >= 4 is 17.5 Å². The number of amides is 2. The molecule has 0 aliphatic heterocycles. The molecule has 2 aromatic carbocycles. The maximum Gasteiger partial charge on any atom is 0.255 e. The van der Waals surface area contributed by atoms with Gasteiger partial charge in [-0.3, -0.25) is 14.8 Å². The zero-order valence-corrected chi connectivity index (χ0v) is 13.2. The molecular formula is C18H20N2O3. The van der Waals surface area contributed by atoms with E-state index in [-0.39, 0.29) is 12.3 Å². The molecule has 2 aromatic rings. The normalized spacial score (nSPS) is 10.4. The molecule has 0 aliphatic carbocycles. The Morgan fingerprint density at radius 3 is 2.13 bits per heavy atom. The lowest BCUT2D eigenvalue weighted by Crippen LogP contribution is -2.20. The minimum atomic E-state index is -0.480. The number of hydrogen-bond acceptors (Lipinski definition) is 3. The monoisotopic (exact) mass is 312 g/mol. The largest absolute Gasteiger partial charge is 0.322 e. The van der Waals surface area contributed by atoms with Crippen LogP contribution in [0.5, 0.6) is 0 Å². The smallest absolute Gasteiger partial charge is 0.255 e. The number of carbonyl (C=O) groups is 2. The highest BCUT2D eigenvalue weighted by molar-refractivity contribution is 6.04. The van der Waals surface area contributed by atoms with Crippen LogP contribution in [0.15, 0.2) is 48.5 Å². The van der Waals surface area contributed by atoms with E-state index in [2.05, 4.69) is 19.2 Å². The van der Waals surface area contributed by atoms with Crippen molar-refractivity contribution in [3.05, 3.63) is 65.2 Å². The Kier molecular flexibility index (Phi) is 5.49. The van der Waals surface area contributed by atoms with Gasteiger partial charge in [0.2, 0.25) is 5.91 Å². The molecule has 0 aromatic heterocycles. The predicted molar refractivity (Wildman–Crippen MR) is 88.6 cm³/mol. The first kappa shape index (κ1) is 16.7. The minimum absolute atomic E-state index is 0.0847. The molecule has 0 bridgehead atoms. The third kappa shape index (κ3) is 4.66. The van der Waals surface area contributed by atoms with Gasteiger partial charge in [0.05, 0.1) is 6.42 Å². The number of rotatable bonds is 5. The van der Waals surface area contributed by atoms with E-state index in [1.807, 2.05) is 24.3 Å². The van der Waals surface area contributed by atoms with Crippen LogP contribution >= 0.6 is 0 Å².